The average Bonchev–Trinajstić information content (AvgIpc) is 2.95. The average molecular weight is 418 g/mol. The molecule has 2 aromatic rings. The molecule has 2 amide bonds. The van der Waals surface area contributed by atoms with E-state index in [9.17, 15) is 22.8 Å². The highest BCUT2D eigenvalue weighted by molar-refractivity contribution is 5.99. The summed E-state index contributed by atoms with van der Waals surface area (Å²) in [5.41, 5.74) is -1.23. The molecule has 1 spiro atoms. The second-order valence-corrected chi connectivity index (χ2v) is 8.07. The first-order chi connectivity index (χ1) is 14.2. The highest BCUT2D eigenvalue weighted by Crippen LogP contribution is 2.51. The Labute approximate surface area is 171 Å². The van der Waals surface area contributed by atoms with Gasteiger partial charge in [0.05, 0.1) is 5.41 Å². The largest absolute Gasteiger partial charge is 0.349 e. The maximum absolute atomic E-state index is 14.6. The monoisotopic (exact) mass is 418 g/mol. The zero-order chi connectivity index (χ0) is 21.5. The van der Waals surface area contributed by atoms with Crippen LogP contribution in [0.1, 0.15) is 41.9 Å². The number of aromatic nitrogens is 2. The second kappa shape index (κ2) is 7.37. The van der Waals surface area contributed by atoms with Crippen LogP contribution in [0.4, 0.5) is 19.0 Å². The maximum Gasteiger partial charge on any atom is 0.251 e. The lowest BCUT2D eigenvalue weighted by Crippen LogP contribution is -2.52. The number of aryl methyl sites for hydroxylation is 1. The number of carbonyl (C=O) groups is 2. The number of amides is 2. The van der Waals surface area contributed by atoms with Crippen molar-refractivity contribution in [3.8, 4) is 0 Å². The summed E-state index contributed by atoms with van der Waals surface area (Å²) in [6.07, 6.45) is 0.745. The van der Waals surface area contributed by atoms with Crippen molar-refractivity contribution >= 4 is 17.6 Å². The minimum atomic E-state index is -3.11. The first-order valence-corrected chi connectivity index (χ1v) is 9.73. The number of benzene rings is 1. The van der Waals surface area contributed by atoms with Gasteiger partial charge >= 0.3 is 0 Å². The van der Waals surface area contributed by atoms with Gasteiger partial charge in [0, 0.05) is 37.2 Å². The lowest BCUT2D eigenvalue weighted by molar-refractivity contribution is -0.140. The summed E-state index contributed by atoms with van der Waals surface area (Å²) in [5.74, 6) is -3.87. The quantitative estimate of drug-likeness (QED) is 0.830. The van der Waals surface area contributed by atoms with E-state index in [1.807, 2.05) is 0 Å². The van der Waals surface area contributed by atoms with Crippen molar-refractivity contribution in [3.05, 3.63) is 53.7 Å². The lowest BCUT2D eigenvalue weighted by Gasteiger charge is -2.40. The third-order valence-corrected chi connectivity index (χ3v) is 5.75. The molecule has 6 nitrogen and oxygen atoms in total. The molecule has 2 fully saturated rings. The van der Waals surface area contributed by atoms with E-state index in [4.69, 9.17) is 0 Å². The van der Waals surface area contributed by atoms with Crippen LogP contribution in [0, 0.1) is 18.2 Å². The Morgan fingerprint density at radius 1 is 1.27 bits per heavy atom. The van der Waals surface area contributed by atoms with Gasteiger partial charge < -0.3 is 5.32 Å². The molecule has 0 bridgehead atoms. The van der Waals surface area contributed by atoms with Crippen molar-refractivity contribution in [2.75, 3.05) is 11.4 Å². The molecule has 1 N–H and O–H groups in total. The molecule has 30 heavy (non-hydrogen) atoms. The summed E-state index contributed by atoms with van der Waals surface area (Å²) < 4.78 is 42.6. The molecule has 0 radical (unpaired) electrons. The Hall–Kier alpha value is -2.97. The zero-order valence-electron chi connectivity index (χ0n) is 16.4. The van der Waals surface area contributed by atoms with Gasteiger partial charge in [0.1, 0.15) is 17.5 Å². The Balaban J connectivity index is 1.55. The minimum absolute atomic E-state index is 0.0498. The number of anilines is 1. The van der Waals surface area contributed by atoms with Crippen molar-refractivity contribution in [1.29, 1.82) is 0 Å². The maximum atomic E-state index is 14.6. The van der Waals surface area contributed by atoms with E-state index in [2.05, 4.69) is 15.3 Å². The Morgan fingerprint density at radius 2 is 2.07 bits per heavy atom. The fraction of sp³-hybridized carbons (Fsp3) is 0.429. The molecule has 1 aliphatic carbocycles. The van der Waals surface area contributed by atoms with Crippen LogP contribution in [0.25, 0.3) is 0 Å². The van der Waals surface area contributed by atoms with Crippen LogP contribution in [-0.2, 0) is 4.79 Å². The van der Waals surface area contributed by atoms with Crippen molar-refractivity contribution in [3.63, 3.8) is 0 Å². The van der Waals surface area contributed by atoms with Gasteiger partial charge in [-0.1, -0.05) is 6.07 Å². The normalized spacial score (nSPS) is 25.5. The molecular formula is C21H21F3N4O2. The van der Waals surface area contributed by atoms with Gasteiger partial charge in [0.25, 0.3) is 11.8 Å². The highest BCUT2D eigenvalue weighted by atomic mass is 19.3. The Bertz CT molecular complexity index is 1000. The SMILES string of the molecule is Cc1nccc(N2CCC3(CC(NC(=O)c4cccc(F)c4)CC(F)(F)C3)C2=O)n1. The third kappa shape index (κ3) is 3.88. The molecule has 2 unspecified atom stereocenters. The van der Waals surface area contributed by atoms with Gasteiger partial charge in [-0.15, -0.1) is 0 Å². The number of hydrogen-bond donors (Lipinski definition) is 1. The zero-order valence-corrected chi connectivity index (χ0v) is 16.4. The van der Waals surface area contributed by atoms with Crippen LogP contribution in [0.15, 0.2) is 36.5 Å². The van der Waals surface area contributed by atoms with Gasteiger partial charge in [-0.2, -0.15) is 0 Å². The summed E-state index contributed by atoms with van der Waals surface area (Å²) in [7, 11) is 0. The molecule has 1 aromatic carbocycles. The topological polar surface area (TPSA) is 75.2 Å². The van der Waals surface area contributed by atoms with E-state index in [1.165, 1.54) is 29.3 Å². The van der Waals surface area contributed by atoms with Crippen molar-refractivity contribution in [1.82, 2.24) is 15.3 Å². The molecule has 1 aliphatic heterocycles. The van der Waals surface area contributed by atoms with Gasteiger partial charge in [0.15, 0.2) is 0 Å². The molecule has 1 saturated heterocycles. The fourth-order valence-electron chi connectivity index (χ4n) is 4.53. The molecule has 2 aliphatic rings. The molecule has 2 atom stereocenters. The molecule has 158 valence electrons. The second-order valence-electron chi connectivity index (χ2n) is 8.07. The van der Waals surface area contributed by atoms with Gasteiger partial charge in [-0.25, -0.2) is 23.1 Å². The Kier molecular flexibility index (Phi) is 4.99. The van der Waals surface area contributed by atoms with Crippen molar-refractivity contribution in [2.45, 2.75) is 44.6 Å². The van der Waals surface area contributed by atoms with Crippen LogP contribution in [-0.4, -0.2) is 40.3 Å². The Morgan fingerprint density at radius 3 is 2.80 bits per heavy atom. The number of carbonyl (C=O) groups excluding carboxylic acids is 2. The van der Waals surface area contributed by atoms with E-state index in [1.54, 1.807) is 13.0 Å². The van der Waals surface area contributed by atoms with E-state index in [-0.39, 0.29) is 24.9 Å². The number of hydrogen-bond acceptors (Lipinski definition) is 4. The van der Waals surface area contributed by atoms with Crippen molar-refractivity contribution in [2.24, 2.45) is 5.41 Å². The summed E-state index contributed by atoms with van der Waals surface area (Å²) in [6.45, 7) is 1.96. The summed E-state index contributed by atoms with van der Waals surface area (Å²) in [4.78, 5) is 35.3. The van der Waals surface area contributed by atoms with Crippen LogP contribution < -0.4 is 10.2 Å². The molecule has 1 saturated carbocycles. The molecular weight excluding hydrogens is 397 g/mol. The predicted octanol–water partition coefficient (Wildman–Crippen LogP) is 3.27. The number of halogens is 3. The van der Waals surface area contributed by atoms with Gasteiger partial charge in [-0.05, 0) is 44.0 Å². The van der Waals surface area contributed by atoms with Crippen LogP contribution in [0.5, 0.6) is 0 Å². The highest BCUT2D eigenvalue weighted by Gasteiger charge is 2.57. The molecule has 2 heterocycles. The number of rotatable bonds is 3. The molecule has 4 rings (SSSR count). The lowest BCUT2D eigenvalue weighted by atomic mass is 9.69. The summed E-state index contributed by atoms with van der Waals surface area (Å²) >= 11 is 0. The van der Waals surface area contributed by atoms with Crippen LogP contribution in [0.2, 0.25) is 0 Å². The standard InChI is InChI=1S/C21H21F3N4O2/c1-13-25-7-5-17(26-13)28-8-6-20(19(28)30)10-16(11-21(23,24)12-20)27-18(29)14-3-2-4-15(22)9-14/h2-5,7,9,16H,6,8,10-12H2,1H3,(H,27,29). The summed E-state index contributed by atoms with van der Waals surface area (Å²) in [5, 5.41) is 2.57. The fourth-order valence-corrected chi connectivity index (χ4v) is 4.53. The van der Waals surface area contributed by atoms with Crippen molar-refractivity contribution < 1.29 is 22.8 Å². The van der Waals surface area contributed by atoms with Gasteiger partial charge in [-0.3, -0.25) is 14.5 Å². The minimum Gasteiger partial charge on any atom is -0.349 e. The first-order valence-electron chi connectivity index (χ1n) is 9.73. The van der Waals surface area contributed by atoms with Crippen LogP contribution >= 0.6 is 0 Å². The molecule has 9 heteroatoms. The van der Waals surface area contributed by atoms with Crippen LogP contribution in [0.3, 0.4) is 0 Å². The predicted molar refractivity (Wildman–Crippen MR) is 103 cm³/mol. The third-order valence-electron chi connectivity index (χ3n) is 5.75. The smallest absolute Gasteiger partial charge is 0.251 e. The van der Waals surface area contributed by atoms with Gasteiger partial charge in [0.2, 0.25) is 5.91 Å². The summed E-state index contributed by atoms with van der Waals surface area (Å²) in [6, 6.07) is 5.71. The molecule has 1 aromatic heterocycles. The first kappa shape index (κ1) is 20.3. The van der Waals surface area contributed by atoms with E-state index in [0.29, 0.717) is 11.6 Å². The van der Waals surface area contributed by atoms with E-state index >= 15 is 0 Å². The number of nitrogens with zero attached hydrogens (tertiary/aromatic N) is 3. The van der Waals surface area contributed by atoms with E-state index in [0.717, 1.165) is 6.07 Å². The number of nitrogens with one attached hydrogen (secondary N) is 1. The van der Waals surface area contributed by atoms with E-state index < -0.39 is 47.9 Å². The number of alkyl halides is 2.